The molecule has 1 saturated carbocycles. The molecule has 0 aliphatic heterocycles. The fourth-order valence-electron chi connectivity index (χ4n) is 4.04. The van der Waals surface area contributed by atoms with E-state index in [1.807, 2.05) is 19.1 Å². The minimum Gasteiger partial charge on any atom is -0.495 e. The van der Waals surface area contributed by atoms with Crippen molar-refractivity contribution >= 4 is 23.4 Å². The minimum atomic E-state index is 0.868. The van der Waals surface area contributed by atoms with Crippen LogP contribution in [0, 0.1) is 12.8 Å². The Labute approximate surface area is 165 Å². The molecule has 0 bridgehead atoms. The highest BCUT2D eigenvalue weighted by Crippen LogP contribution is 2.34. The van der Waals surface area contributed by atoms with Crippen LogP contribution in [0.4, 0.5) is 0 Å². The van der Waals surface area contributed by atoms with E-state index in [-0.39, 0.29) is 0 Å². The maximum atomic E-state index is 5.31. The van der Waals surface area contributed by atoms with Gasteiger partial charge in [-0.05, 0) is 35.2 Å². The molecule has 0 amide bonds. The molecule has 0 heterocycles. The van der Waals surface area contributed by atoms with Gasteiger partial charge < -0.3 is 4.74 Å². The number of ether oxygens (including phenoxy) is 1. The number of thiol groups is 1. The Morgan fingerprint density at radius 1 is 1.04 bits per heavy atom. The molecule has 1 aliphatic rings. The zero-order valence-corrected chi connectivity index (χ0v) is 17.8. The average Bonchev–Trinajstić information content (AvgIpc) is 2.92. The second-order valence-corrected chi connectivity index (χ2v) is 8.10. The van der Waals surface area contributed by atoms with Gasteiger partial charge in [-0.25, -0.2) is 0 Å². The summed E-state index contributed by atoms with van der Waals surface area (Å²) in [5, 5.41) is 2.34. The molecule has 1 nitrogen and oxygen atoms in total. The second kappa shape index (κ2) is 11.5. The van der Waals surface area contributed by atoms with Gasteiger partial charge in [0.25, 0.3) is 0 Å². The predicted molar refractivity (Wildman–Crippen MR) is 118 cm³/mol. The van der Waals surface area contributed by atoms with Crippen LogP contribution in [0.25, 0.3) is 10.8 Å². The first-order chi connectivity index (χ1) is 12.7. The van der Waals surface area contributed by atoms with Crippen molar-refractivity contribution in [2.75, 3.05) is 7.11 Å². The van der Waals surface area contributed by atoms with Crippen LogP contribution in [0.3, 0.4) is 0 Å². The first kappa shape index (κ1) is 21.2. The summed E-state index contributed by atoms with van der Waals surface area (Å²) in [6.45, 7) is 4.33. The van der Waals surface area contributed by atoms with E-state index < -0.39 is 0 Å². The van der Waals surface area contributed by atoms with Crippen molar-refractivity contribution in [1.29, 1.82) is 0 Å². The number of rotatable bonds is 5. The summed E-state index contributed by atoms with van der Waals surface area (Å²) in [6.07, 6.45) is 14.9. The molecular formula is C24H36OS. The Morgan fingerprint density at radius 2 is 1.73 bits per heavy atom. The van der Waals surface area contributed by atoms with Crippen molar-refractivity contribution < 1.29 is 4.74 Å². The third-order valence-electron chi connectivity index (χ3n) is 5.56. The standard InChI is InChI=1S/C12H12OS.C12H24/c1-8-7-9-5-3-4-6-10(9)12(14)11(8)13-2;1-2-3-6-9-12-10-7-4-5-8-11-12/h3-7,14H,1-2H3;12H,2-11H2,1H3. The molecule has 0 saturated heterocycles. The van der Waals surface area contributed by atoms with Crippen molar-refractivity contribution in [2.24, 2.45) is 5.92 Å². The Hall–Kier alpha value is -1.15. The number of hydrogen-bond acceptors (Lipinski definition) is 2. The molecular weight excluding hydrogens is 336 g/mol. The summed E-state index contributed by atoms with van der Waals surface area (Å²) in [7, 11) is 1.68. The number of unbranched alkanes of at least 4 members (excludes halogenated alkanes) is 2. The fraction of sp³-hybridized carbons (Fsp3) is 0.583. The third-order valence-corrected chi connectivity index (χ3v) is 6.00. The third kappa shape index (κ3) is 6.23. The topological polar surface area (TPSA) is 9.23 Å². The lowest BCUT2D eigenvalue weighted by Gasteiger charge is -2.12. The smallest absolute Gasteiger partial charge is 0.135 e. The molecule has 0 N–H and O–H groups in total. The van der Waals surface area contributed by atoms with Gasteiger partial charge in [0, 0.05) is 0 Å². The molecule has 1 fully saturated rings. The number of aryl methyl sites for hydroxylation is 1. The number of methoxy groups -OCH3 is 1. The molecule has 0 radical (unpaired) electrons. The van der Waals surface area contributed by atoms with Crippen LogP contribution < -0.4 is 4.74 Å². The summed E-state index contributed by atoms with van der Waals surface area (Å²) in [4.78, 5) is 0.920. The molecule has 2 aromatic carbocycles. The van der Waals surface area contributed by atoms with Gasteiger partial charge in [-0.3, -0.25) is 0 Å². The maximum Gasteiger partial charge on any atom is 0.135 e. The van der Waals surface area contributed by atoms with E-state index in [1.165, 1.54) is 69.6 Å². The van der Waals surface area contributed by atoms with Gasteiger partial charge in [0.15, 0.2) is 0 Å². The van der Waals surface area contributed by atoms with Gasteiger partial charge in [-0.2, -0.15) is 0 Å². The van der Waals surface area contributed by atoms with Gasteiger partial charge in [-0.15, -0.1) is 12.6 Å². The Bertz CT molecular complexity index is 657. The van der Waals surface area contributed by atoms with Crippen LogP contribution >= 0.6 is 12.6 Å². The summed E-state index contributed by atoms with van der Waals surface area (Å²) in [5.74, 6) is 1.96. The molecule has 0 aromatic heterocycles. The Kier molecular flexibility index (Phi) is 9.39. The quantitative estimate of drug-likeness (QED) is 0.318. The van der Waals surface area contributed by atoms with E-state index in [0.717, 1.165) is 27.5 Å². The molecule has 2 heteroatoms. The average molecular weight is 373 g/mol. The fourth-order valence-corrected chi connectivity index (χ4v) is 4.51. The highest BCUT2D eigenvalue weighted by atomic mass is 32.1. The van der Waals surface area contributed by atoms with Crippen molar-refractivity contribution in [3.8, 4) is 5.75 Å². The lowest BCUT2D eigenvalue weighted by Crippen LogP contribution is -1.97. The Morgan fingerprint density at radius 3 is 2.38 bits per heavy atom. The molecule has 26 heavy (non-hydrogen) atoms. The molecule has 144 valence electrons. The Balaban J connectivity index is 0.000000190. The van der Waals surface area contributed by atoms with E-state index in [4.69, 9.17) is 4.74 Å². The molecule has 0 spiro atoms. The van der Waals surface area contributed by atoms with Crippen LogP contribution in [0.5, 0.6) is 5.75 Å². The zero-order valence-electron chi connectivity index (χ0n) is 16.9. The minimum absolute atomic E-state index is 0.868. The largest absolute Gasteiger partial charge is 0.495 e. The molecule has 0 atom stereocenters. The first-order valence-corrected chi connectivity index (χ1v) is 10.9. The molecule has 3 rings (SSSR count). The first-order valence-electron chi connectivity index (χ1n) is 10.4. The van der Waals surface area contributed by atoms with Crippen LogP contribution in [0.2, 0.25) is 0 Å². The zero-order chi connectivity index (χ0) is 18.8. The summed E-state index contributed by atoms with van der Waals surface area (Å²) < 4.78 is 5.31. The monoisotopic (exact) mass is 372 g/mol. The van der Waals surface area contributed by atoms with E-state index in [2.05, 4.69) is 37.8 Å². The number of fused-ring (bicyclic) bond motifs is 1. The van der Waals surface area contributed by atoms with Gasteiger partial charge in [-0.1, -0.05) is 95.4 Å². The van der Waals surface area contributed by atoms with Crippen molar-refractivity contribution in [1.82, 2.24) is 0 Å². The lowest BCUT2D eigenvalue weighted by atomic mass is 9.94. The summed E-state index contributed by atoms with van der Waals surface area (Å²) in [6, 6.07) is 10.3. The van der Waals surface area contributed by atoms with E-state index in [9.17, 15) is 0 Å². The maximum absolute atomic E-state index is 5.31. The van der Waals surface area contributed by atoms with E-state index >= 15 is 0 Å². The van der Waals surface area contributed by atoms with Crippen LogP contribution in [-0.4, -0.2) is 7.11 Å². The van der Waals surface area contributed by atoms with Gasteiger partial charge in [0.2, 0.25) is 0 Å². The number of hydrogen-bond donors (Lipinski definition) is 1. The lowest BCUT2D eigenvalue weighted by molar-refractivity contribution is 0.403. The number of benzene rings is 2. The van der Waals surface area contributed by atoms with Crippen molar-refractivity contribution in [3.05, 3.63) is 35.9 Å². The normalized spacial score (nSPS) is 15.2. The molecule has 0 unspecified atom stereocenters. The van der Waals surface area contributed by atoms with Gasteiger partial charge >= 0.3 is 0 Å². The van der Waals surface area contributed by atoms with Gasteiger partial charge in [0.05, 0.1) is 12.0 Å². The van der Waals surface area contributed by atoms with Crippen LogP contribution in [0.15, 0.2) is 35.2 Å². The highest BCUT2D eigenvalue weighted by Gasteiger charge is 2.11. The van der Waals surface area contributed by atoms with E-state index in [1.54, 1.807) is 7.11 Å². The molecule has 1 aliphatic carbocycles. The summed E-state index contributed by atoms with van der Waals surface area (Å²) >= 11 is 4.49. The van der Waals surface area contributed by atoms with Crippen LogP contribution in [0.1, 0.15) is 76.7 Å². The second-order valence-electron chi connectivity index (χ2n) is 7.65. The van der Waals surface area contributed by atoms with E-state index in [0.29, 0.717) is 0 Å². The van der Waals surface area contributed by atoms with Crippen LogP contribution in [-0.2, 0) is 0 Å². The predicted octanol–water partition coefficient (Wildman–Crippen LogP) is 7.98. The van der Waals surface area contributed by atoms with Crippen molar-refractivity contribution in [3.63, 3.8) is 0 Å². The molecule has 2 aromatic rings. The van der Waals surface area contributed by atoms with Crippen molar-refractivity contribution in [2.45, 2.75) is 83.0 Å². The SMILES string of the molecule is CCCCCC1CCCCCC1.COc1c(C)cc2ccccc2c1S. The van der Waals surface area contributed by atoms with Gasteiger partial charge in [0.1, 0.15) is 5.75 Å². The highest BCUT2D eigenvalue weighted by molar-refractivity contribution is 7.80. The summed E-state index contributed by atoms with van der Waals surface area (Å²) in [5.41, 5.74) is 1.12.